The molecule has 13 heteroatoms. The number of hydrogen-bond acceptors (Lipinski definition) is 7. The highest BCUT2D eigenvalue weighted by Crippen LogP contribution is 2.46. The van der Waals surface area contributed by atoms with Gasteiger partial charge in [0.05, 0.1) is 5.56 Å². The minimum atomic E-state index is -2.95. The van der Waals surface area contributed by atoms with Crippen LogP contribution in [0.1, 0.15) is 63.5 Å². The number of H-pyrrole nitrogens is 1. The van der Waals surface area contributed by atoms with Gasteiger partial charge in [-0.3, -0.25) is 10.2 Å². The molecule has 2 heterocycles. The number of nitrogens with one attached hydrogen (secondary N) is 3. The molecule has 0 aliphatic heterocycles. The van der Waals surface area contributed by atoms with Crippen LogP contribution in [0.5, 0.6) is 0 Å². The Morgan fingerprint density at radius 1 is 1.16 bits per heavy atom. The van der Waals surface area contributed by atoms with Crippen molar-refractivity contribution in [3.05, 3.63) is 65.7 Å². The summed E-state index contributed by atoms with van der Waals surface area (Å²) in [6.45, 7) is 5.33. The standard InChI is InChI=1S/C30H34FN5O6S/c1-30(2,3)42-29(38)35-34-25(37)5-4-14-36(43(39)40)17-20-15-24-23(16-22(20)18-6-7-18)26(28-32-12-13-33-28)27(41-24)19-8-10-21(31)11-9-19/h8-13,15-16,18,43H,4-7,14,17H2,1-3H3,(H,32,33)(H,34,37)(H,35,38). The number of rotatable bonds is 10. The Kier molecular flexibility index (Phi) is 8.83. The van der Waals surface area contributed by atoms with Gasteiger partial charge in [0.1, 0.15) is 28.6 Å². The van der Waals surface area contributed by atoms with Gasteiger partial charge >= 0.3 is 6.09 Å². The number of aromatic nitrogens is 2. The number of halogens is 1. The van der Waals surface area contributed by atoms with E-state index in [-0.39, 0.29) is 31.7 Å². The van der Waals surface area contributed by atoms with Crippen LogP contribution in [0.25, 0.3) is 33.7 Å². The van der Waals surface area contributed by atoms with Crippen molar-refractivity contribution in [2.24, 2.45) is 0 Å². The zero-order valence-corrected chi connectivity index (χ0v) is 25.0. The molecule has 2 aromatic carbocycles. The van der Waals surface area contributed by atoms with E-state index in [9.17, 15) is 22.4 Å². The smallest absolute Gasteiger partial charge is 0.426 e. The van der Waals surface area contributed by atoms with Crippen LogP contribution in [0.15, 0.2) is 53.2 Å². The monoisotopic (exact) mass is 611 g/mol. The molecule has 228 valence electrons. The topological polar surface area (TPSA) is 147 Å². The minimum Gasteiger partial charge on any atom is -0.455 e. The normalized spacial score (nSPS) is 13.5. The van der Waals surface area contributed by atoms with E-state index in [1.807, 2.05) is 12.1 Å². The van der Waals surface area contributed by atoms with Crippen molar-refractivity contribution in [2.75, 3.05) is 6.54 Å². The van der Waals surface area contributed by atoms with E-state index in [4.69, 9.17) is 9.15 Å². The molecule has 2 aromatic heterocycles. The number of nitrogens with zero attached hydrogens (tertiary/aromatic N) is 2. The first-order chi connectivity index (χ1) is 20.5. The van der Waals surface area contributed by atoms with Gasteiger partial charge < -0.3 is 14.1 Å². The van der Waals surface area contributed by atoms with E-state index < -0.39 is 28.5 Å². The molecule has 5 rings (SSSR count). The number of aromatic amines is 1. The predicted molar refractivity (Wildman–Crippen MR) is 159 cm³/mol. The van der Waals surface area contributed by atoms with Gasteiger partial charge in [-0.05, 0) is 93.5 Å². The first kappa shape index (κ1) is 30.2. The van der Waals surface area contributed by atoms with Crippen LogP contribution >= 0.6 is 0 Å². The second kappa shape index (κ2) is 12.6. The third kappa shape index (κ3) is 7.59. The molecule has 1 saturated carbocycles. The zero-order chi connectivity index (χ0) is 30.7. The fraction of sp³-hybridized carbons (Fsp3) is 0.367. The third-order valence-electron chi connectivity index (χ3n) is 6.92. The number of furan rings is 1. The molecule has 0 saturated heterocycles. The molecule has 1 aliphatic rings. The molecule has 1 aliphatic carbocycles. The summed E-state index contributed by atoms with van der Waals surface area (Å²) in [5, 5.41) is 0.826. The number of thiol groups is 1. The fourth-order valence-corrected chi connectivity index (χ4v) is 5.45. The second-order valence-electron chi connectivity index (χ2n) is 11.5. The first-order valence-electron chi connectivity index (χ1n) is 14.0. The number of hydrazine groups is 1. The predicted octanol–water partition coefficient (Wildman–Crippen LogP) is 5.17. The lowest BCUT2D eigenvalue weighted by Crippen LogP contribution is -2.44. The molecule has 4 aromatic rings. The number of imidazole rings is 1. The lowest BCUT2D eigenvalue weighted by Gasteiger charge is -2.20. The van der Waals surface area contributed by atoms with Gasteiger partial charge in [-0.25, -0.2) is 28.0 Å². The minimum absolute atomic E-state index is 0.00426. The molecule has 0 bridgehead atoms. The molecule has 3 N–H and O–H groups in total. The number of carbonyl (C=O) groups is 2. The molecule has 0 radical (unpaired) electrons. The quantitative estimate of drug-likeness (QED) is 0.143. The number of ether oxygens (including phenoxy) is 1. The zero-order valence-electron chi connectivity index (χ0n) is 24.1. The van der Waals surface area contributed by atoms with Crippen LogP contribution in [0.3, 0.4) is 0 Å². The Labute approximate surface area is 249 Å². The van der Waals surface area contributed by atoms with Gasteiger partial charge in [0.15, 0.2) is 0 Å². The average Bonchev–Trinajstić information content (AvgIpc) is 3.51. The largest absolute Gasteiger partial charge is 0.455 e. The maximum atomic E-state index is 13.7. The summed E-state index contributed by atoms with van der Waals surface area (Å²) >= 11 is 0. The molecule has 0 atom stereocenters. The summed E-state index contributed by atoms with van der Waals surface area (Å²) in [6, 6.07) is 9.93. The summed E-state index contributed by atoms with van der Waals surface area (Å²) in [6.07, 6.45) is 4.80. The second-order valence-corrected chi connectivity index (χ2v) is 12.5. The van der Waals surface area contributed by atoms with Crippen molar-refractivity contribution in [1.82, 2.24) is 25.1 Å². The van der Waals surface area contributed by atoms with Crippen molar-refractivity contribution in [2.45, 2.75) is 64.5 Å². The van der Waals surface area contributed by atoms with Crippen LogP contribution in [-0.4, -0.2) is 46.8 Å². The molecule has 11 nitrogen and oxygen atoms in total. The number of amides is 2. The maximum Gasteiger partial charge on any atom is 0.426 e. The van der Waals surface area contributed by atoms with E-state index in [1.165, 1.54) is 16.4 Å². The summed E-state index contributed by atoms with van der Waals surface area (Å²) in [4.78, 5) is 31.5. The lowest BCUT2D eigenvalue weighted by atomic mass is 9.97. The third-order valence-corrected chi connectivity index (χ3v) is 7.72. The van der Waals surface area contributed by atoms with Crippen molar-refractivity contribution < 1.29 is 31.6 Å². The van der Waals surface area contributed by atoms with Crippen molar-refractivity contribution in [3.63, 3.8) is 0 Å². The summed E-state index contributed by atoms with van der Waals surface area (Å²) in [5.41, 5.74) is 7.58. The van der Waals surface area contributed by atoms with Crippen molar-refractivity contribution >= 4 is 33.9 Å². The first-order valence-corrected chi connectivity index (χ1v) is 15.1. The highest BCUT2D eigenvalue weighted by molar-refractivity contribution is 7.69. The summed E-state index contributed by atoms with van der Waals surface area (Å²) in [5.74, 6) is 0.602. The Morgan fingerprint density at radius 3 is 2.53 bits per heavy atom. The Balaban J connectivity index is 1.36. The highest BCUT2D eigenvalue weighted by Gasteiger charge is 2.30. The van der Waals surface area contributed by atoms with Gasteiger partial charge in [0.25, 0.3) is 0 Å². The molecule has 1 fully saturated rings. The van der Waals surface area contributed by atoms with Gasteiger partial charge in [-0.1, -0.05) is 0 Å². The average molecular weight is 612 g/mol. The van der Waals surface area contributed by atoms with E-state index >= 15 is 0 Å². The van der Waals surface area contributed by atoms with Crippen LogP contribution in [0.2, 0.25) is 0 Å². The van der Waals surface area contributed by atoms with Crippen molar-refractivity contribution in [3.8, 4) is 22.7 Å². The number of hydrogen-bond donors (Lipinski definition) is 4. The molecule has 43 heavy (non-hydrogen) atoms. The number of carbonyl (C=O) groups excluding carboxylic acids is 2. The van der Waals surface area contributed by atoms with Gasteiger partial charge in [0, 0.05) is 42.9 Å². The van der Waals surface area contributed by atoms with E-state index in [1.54, 1.807) is 45.3 Å². The molecule has 0 spiro atoms. The molecular formula is C30H34FN5O6S. The van der Waals surface area contributed by atoms with Gasteiger partial charge in [-0.2, -0.15) is 4.31 Å². The summed E-state index contributed by atoms with van der Waals surface area (Å²) < 4.78 is 50.9. The fourth-order valence-electron chi connectivity index (χ4n) is 4.88. The van der Waals surface area contributed by atoms with E-state index in [2.05, 4.69) is 20.8 Å². The SMILES string of the molecule is CC(C)(C)OC(=O)NNC(=O)CCCN(Cc1cc2oc(-c3ccc(F)cc3)c(-c3ncc[nH]3)c2cc1C1CC1)[SH](=O)=O. The van der Waals surface area contributed by atoms with Crippen LogP contribution in [0, 0.1) is 5.82 Å². The Hall–Kier alpha value is -4.23. The van der Waals surface area contributed by atoms with Crippen LogP contribution in [0.4, 0.5) is 9.18 Å². The molecule has 0 unspecified atom stereocenters. The van der Waals surface area contributed by atoms with E-state index in [0.29, 0.717) is 28.6 Å². The van der Waals surface area contributed by atoms with Gasteiger partial charge in [0.2, 0.25) is 16.8 Å². The Bertz CT molecular complexity index is 1680. The number of fused-ring (bicyclic) bond motifs is 1. The van der Waals surface area contributed by atoms with E-state index in [0.717, 1.165) is 34.9 Å². The Morgan fingerprint density at radius 2 is 1.91 bits per heavy atom. The molecule has 2 amide bonds. The van der Waals surface area contributed by atoms with Crippen LogP contribution in [-0.2, 0) is 27.0 Å². The molecular weight excluding hydrogens is 577 g/mol. The van der Waals surface area contributed by atoms with Crippen LogP contribution < -0.4 is 10.9 Å². The number of benzene rings is 2. The highest BCUT2D eigenvalue weighted by atomic mass is 32.2. The van der Waals surface area contributed by atoms with Crippen molar-refractivity contribution in [1.29, 1.82) is 0 Å². The lowest BCUT2D eigenvalue weighted by molar-refractivity contribution is -0.122. The summed E-state index contributed by atoms with van der Waals surface area (Å²) in [7, 11) is -2.95. The maximum absolute atomic E-state index is 13.7. The van der Waals surface area contributed by atoms with Gasteiger partial charge in [-0.15, -0.1) is 0 Å².